The molecule has 1 aliphatic heterocycles. The van der Waals surface area contributed by atoms with E-state index in [-0.39, 0.29) is 5.91 Å². The zero-order chi connectivity index (χ0) is 22.2. The number of benzene rings is 2. The van der Waals surface area contributed by atoms with Crippen LogP contribution in [0, 0.1) is 0 Å². The number of anilines is 1. The molecule has 0 saturated carbocycles. The zero-order valence-electron chi connectivity index (χ0n) is 18.3. The number of hydrogen-bond donors (Lipinski definition) is 0. The summed E-state index contributed by atoms with van der Waals surface area (Å²) in [5.41, 5.74) is 3.10. The third kappa shape index (κ3) is 5.79. The normalized spacial score (nSPS) is 13.8. The van der Waals surface area contributed by atoms with Crippen LogP contribution in [0.15, 0.2) is 66.7 Å². The number of hydrogen-bond acceptors (Lipinski definition) is 6. The van der Waals surface area contributed by atoms with Gasteiger partial charge in [0, 0.05) is 37.5 Å². The van der Waals surface area contributed by atoms with Crippen LogP contribution in [0.4, 0.5) is 5.82 Å². The molecule has 2 aromatic carbocycles. The van der Waals surface area contributed by atoms with Crippen LogP contribution in [0.5, 0.6) is 5.75 Å². The molecular formula is C25H28N4O2S. The molecule has 6 nitrogen and oxygen atoms in total. The topological polar surface area (TPSA) is 58.6 Å². The quantitative estimate of drug-likeness (QED) is 0.517. The van der Waals surface area contributed by atoms with Crippen molar-refractivity contribution in [1.82, 2.24) is 15.1 Å². The van der Waals surface area contributed by atoms with Gasteiger partial charge in [-0.3, -0.25) is 4.79 Å². The van der Waals surface area contributed by atoms with Gasteiger partial charge in [0.2, 0.25) is 5.91 Å². The van der Waals surface area contributed by atoms with E-state index in [2.05, 4.69) is 27.2 Å². The van der Waals surface area contributed by atoms with Gasteiger partial charge in [0.25, 0.3) is 0 Å². The summed E-state index contributed by atoms with van der Waals surface area (Å²) in [4.78, 5) is 16.7. The van der Waals surface area contributed by atoms with Crippen molar-refractivity contribution < 1.29 is 9.53 Å². The molecule has 3 aromatic rings. The smallest absolute Gasteiger partial charge is 0.232 e. The first-order valence-corrected chi connectivity index (χ1v) is 12.1. The van der Waals surface area contributed by atoms with E-state index in [1.54, 1.807) is 11.8 Å². The summed E-state index contributed by atoms with van der Waals surface area (Å²) in [7, 11) is 0. The molecule has 1 aliphatic rings. The Morgan fingerprint density at radius 3 is 2.34 bits per heavy atom. The number of ether oxygens (including phenoxy) is 1. The highest BCUT2D eigenvalue weighted by Gasteiger charge is 2.22. The van der Waals surface area contributed by atoms with Crippen molar-refractivity contribution in [3.05, 3.63) is 72.3 Å². The molecule has 2 heterocycles. The fraction of sp³-hybridized carbons (Fsp3) is 0.320. The summed E-state index contributed by atoms with van der Waals surface area (Å²) in [6.45, 7) is 5.59. The summed E-state index contributed by atoms with van der Waals surface area (Å²) in [6, 6.07) is 22.2. The maximum atomic E-state index is 12.5. The van der Waals surface area contributed by atoms with Crippen molar-refractivity contribution in [2.75, 3.05) is 43.4 Å². The third-order valence-electron chi connectivity index (χ3n) is 5.41. The van der Waals surface area contributed by atoms with Gasteiger partial charge >= 0.3 is 0 Å². The second kappa shape index (κ2) is 11.0. The molecule has 166 valence electrons. The summed E-state index contributed by atoms with van der Waals surface area (Å²) in [5.74, 6) is 3.30. The third-order valence-corrected chi connectivity index (χ3v) is 6.39. The van der Waals surface area contributed by atoms with E-state index >= 15 is 0 Å². The monoisotopic (exact) mass is 448 g/mol. The number of carbonyl (C=O) groups excluding carboxylic acids is 1. The van der Waals surface area contributed by atoms with Gasteiger partial charge in [-0.15, -0.1) is 22.0 Å². The van der Waals surface area contributed by atoms with Crippen LogP contribution in [0.3, 0.4) is 0 Å². The van der Waals surface area contributed by atoms with Crippen molar-refractivity contribution in [2.24, 2.45) is 0 Å². The number of nitrogens with zero attached hydrogens (tertiary/aromatic N) is 4. The number of thioether (sulfide) groups is 1. The number of piperazine rings is 1. The largest absolute Gasteiger partial charge is 0.494 e. The van der Waals surface area contributed by atoms with E-state index in [9.17, 15) is 4.79 Å². The van der Waals surface area contributed by atoms with E-state index < -0.39 is 0 Å². The SMILES string of the molecule is CCOc1ccc(-c2ccc(N3CCN(C(=O)CSCc4ccccc4)CC3)nn2)cc1. The van der Waals surface area contributed by atoms with Gasteiger partial charge in [0.1, 0.15) is 5.75 Å². The molecule has 0 aliphatic carbocycles. The Morgan fingerprint density at radius 1 is 0.938 bits per heavy atom. The van der Waals surface area contributed by atoms with Crippen molar-refractivity contribution in [3.63, 3.8) is 0 Å². The van der Waals surface area contributed by atoms with Gasteiger partial charge in [-0.25, -0.2) is 0 Å². The van der Waals surface area contributed by atoms with Crippen LogP contribution in [0.2, 0.25) is 0 Å². The lowest BCUT2D eigenvalue weighted by Gasteiger charge is -2.35. The van der Waals surface area contributed by atoms with E-state index in [0.29, 0.717) is 25.4 Å². The number of rotatable bonds is 8. The Bertz CT molecular complexity index is 989. The summed E-state index contributed by atoms with van der Waals surface area (Å²) >= 11 is 1.67. The fourth-order valence-electron chi connectivity index (χ4n) is 3.64. The lowest BCUT2D eigenvalue weighted by molar-refractivity contribution is -0.128. The maximum Gasteiger partial charge on any atom is 0.232 e. The second-order valence-electron chi connectivity index (χ2n) is 7.58. The summed E-state index contributed by atoms with van der Waals surface area (Å²) < 4.78 is 5.49. The van der Waals surface area contributed by atoms with Gasteiger partial charge in [0.05, 0.1) is 18.1 Å². The minimum Gasteiger partial charge on any atom is -0.494 e. The molecule has 1 amide bonds. The lowest BCUT2D eigenvalue weighted by atomic mass is 10.1. The van der Waals surface area contributed by atoms with Gasteiger partial charge in [-0.05, 0) is 48.9 Å². The molecule has 0 bridgehead atoms. The lowest BCUT2D eigenvalue weighted by Crippen LogP contribution is -2.49. The Morgan fingerprint density at radius 2 is 1.69 bits per heavy atom. The molecule has 0 radical (unpaired) electrons. The van der Waals surface area contributed by atoms with Crippen LogP contribution in [0.1, 0.15) is 12.5 Å². The minimum absolute atomic E-state index is 0.211. The van der Waals surface area contributed by atoms with Crippen LogP contribution in [-0.4, -0.2) is 59.5 Å². The average Bonchev–Trinajstić information content (AvgIpc) is 2.86. The molecule has 7 heteroatoms. The van der Waals surface area contributed by atoms with Gasteiger partial charge in [-0.1, -0.05) is 30.3 Å². The predicted molar refractivity (Wildman–Crippen MR) is 130 cm³/mol. The first kappa shape index (κ1) is 22.1. The highest BCUT2D eigenvalue weighted by Crippen LogP contribution is 2.22. The Labute approximate surface area is 193 Å². The van der Waals surface area contributed by atoms with Crippen LogP contribution >= 0.6 is 11.8 Å². The molecule has 4 rings (SSSR count). The molecule has 0 atom stereocenters. The first-order valence-electron chi connectivity index (χ1n) is 10.9. The van der Waals surface area contributed by atoms with Crippen molar-refractivity contribution in [1.29, 1.82) is 0 Å². The molecule has 0 spiro atoms. The molecule has 32 heavy (non-hydrogen) atoms. The Hall–Kier alpha value is -3.06. The van der Waals surface area contributed by atoms with E-state index in [0.717, 1.165) is 41.7 Å². The summed E-state index contributed by atoms with van der Waals surface area (Å²) in [5, 5.41) is 8.83. The minimum atomic E-state index is 0.211. The maximum absolute atomic E-state index is 12.5. The van der Waals surface area contributed by atoms with Gasteiger partial charge in [0.15, 0.2) is 5.82 Å². The van der Waals surface area contributed by atoms with Crippen molar-refractivity contribution >= 4 is 23.5 Å². The Balaban J connectivity index is 1.25. The molecule has 0 unspecified atom stereocenters. The summed E-state index contributed by atoms with van der Waals surface area (Å²) in [6.07, 6.45) is 0. The molecule has 0 N–H and O–H groups in total. The predicted octanol–water partition coefficient (Wildman–Crippen LogP) is 4.12. The van der Waals surface area contributed by atoms with Crippen LogP contribution < -0.4 is 9.64 Å². The van der Waals surface area contributed by atoms with E-state index in [1.165, 1.54) is 5.56 Å². The van der Waals surface area contributed by atoms with Crippen LogP contribution in [-0.2, 0) is 10.5 Å². The highest BCUT2D eigenvalue weighted by molar-refractivity contribution is 7.99. The fourth-order valence-corrected chi connectivity index (χ4v) is 4.53. The van der Waals surface area contributed by atoms with Crippen molar-refractivity contribution in [2.45, 2.75) is 12.7 Å². The first-order chi connectivity index (χ1) is 15.7. The second-order valence-corrected chi connectivity index (χ2v) is 8.57. The average molecular weight is 449 g/mol. The molecular weight excluding hydrogens is 420 g/mol. The van der Waals surface area contributed by atoms with Crippen molar-refractivity contribution in [3.8, 4) is 17.0 Å². The van der Waals surface area contributed by atoms with Gasteiger partial charge in [-0.2, -0.15) is 0 Å². The van der Waals surface area contributed by atoms with Crippen LogP contribution in [0.25, 0.3) is 11.3 Å². The van der Waals surface area contributed by atoms with E-state index in [4.69, 9.17) is 4.74 Å². The van der Waals surface area contributed by atoms with E-state index in [1.807, 2.05) is 66.4 Å². The number of amides is 1. The zero-order valence-corrected chi connectivity index (χ0v) is 19.1. The number of aromatic nitrogens is 2. The molecule has 1 fully saturated rings. The molecule has 1 aromatic heterocycles. The standard InChI is InChI=1S/C25H28N4O2S/c1-2-31-22-10-8-21(9-11-22)23-12-13-24(27-26-23)28-14-16-29(17-15-28)25(30)19-32-18-20-6-4-3-5-7-20/h3-13H,2,14-19H2,1H3. The van der Waals surface area contributed by atoms with Gasteiger partial charge < -0.3 is 14.5 Å². The molecule has 1 saturated heterocycles. The Kier molecular flexibility index (Phi) is 7.61. The number of carbonyl (C=O) groups is 1. The highest BCUT2D eigenvalue weighted by atomic mass is 32.2.